The Morgan fingerprint density at radius 2 is 1.86 bits per heavy atom. The van der Waals surface area contributed by atoms with Crippen LogP contribution >= 0.6 is 23.2 Å². The van der Waals surface area contributed by atoms with E-state index >= 15 is 0 Å². The van der Waals surface area contributed by atoms with Gasteiger partial charge in [0.25, 0.3) is 0 Å². The number of benzene rings is 1. The Morgan fingerprint density at radius 3 is 2.36 bits per heavy atom. The number of hydrogen-bond donors (Lipinski definition) is 0. The van der Waals surface area contributed by atoms with E-state index in [1.54, 1.807) is 25.1 Å². The molecular formula is C9H10Cl2O2S. The summed E-state index contributed by atoms with van der Waals surface area (Å²) >= 11 is 11.5. The number of rotatable bonds is 3. The molecule has 0 aromatic heterocycles. The summed E-state index contributed by atoms with van der Waals surface area (Å²) in [6.07, 6.45) is 0. The van der Waals surface area contributed by atoms with Gasteiger partial charge in [-0.2, -0.15) is 0 Å². The summed E-state index contributed by atoms with van der Waals surface area (Å²) in [4.78, 5) is 0. The fourth-order valence-corrected chi connectivity index (χ4v) is 2.20. The molecule has 0 aliphatic carbocycles. The van der Waals surface area contributed by atoms with E-state index in [1.165, 1.54) is 0 Å². The third-order valence-corrected chi connectivity index (χ3v) is 4.20. The maximum absolute atomic E-state index is 11.3. The van der Waals surface area contributed by atoms with Crippen LogP contribution in [0.5, 0.6) is 0 Å². The van der Waals surface area contributed by atoms with Gasteiger partial charge >= 0.3 is 0 Å². The van der Waals surface area contributed by atoms with E-state index < -0.39 is 9.84 Å². The minimum absolute atomic E-state index is 0.0143. The van der Waals surface area contributed by atoms with Gasteiger partial charge in [0.15, 0.2) is 9.84 Å². The first-order chi connectivity index (χ1) is 6.44. The van der Waals surface area contributed by atoms with Crippen LogP contribution in [0.3, 0.4) is 0 Å². The summed E-state index contributed by atoms with van der Waals surface area (Å²) < 4.78 is 22.6. The largest absolute Gasteiger partial charge is 0.229 e. The van der Waals surface area contributed by atoms with Crippen molar-refractivity contribution in [2.45, 2.75) is 12.7 Å². The molecule has 0 spiro atoms. The lowest BCUT2D eigenvalue weighted by atomic mass is 10.2. The molecule has 1 rings (SSSR count). The summed E-state index contributed by atoms with van der Waals surface area (Å²) in [5.74, 6) is 0.146. The molecule has 2 nitrogen and oxygen atoms in total. The first kappa shape index (κ1) is 11.8. The highest BCUT2D eigenvalue weighted by molar-refractivity contribution is 7.90. The van der Waals surface area contributed by atoms with Crippen molar-refractivity contribution in [1.82, 2.24) is 0 Å². The normalized spacial score (nSPS) is 11.6. The average Bonchev–Trinajstić information content (AvgIpc) is 2.11. The Labute approximate surface area is 93.8 Å². The molecule has 0 saturated heterocycles. The van der Waals surface area contributed by atoms with Gasteiger partial charge in [0.05, 0.1) is 15.8 Å². The van der Waals surface area contributed by atoms with Crippen molar-refractivity contribution in [3.05, 3.63) is 33.8 Å². The van der Waals surface area contributed by atoms with Crippen LogP contribution in [0.25, 0.3) is 0 Å². The smallest absolute Gasteiger partial charge is 0.154 e. The Kier molecular flexibility index (Phi) is 3.81. The predicted octanol–water partition coefficient (Wildman–Crippen LogP) is 2.93. The second kappa shape index (κ2) is 4.51. The molecule has 0 atom stereocenters. The molecule has 0 amide bonds. The third kappa shape index (κ3) is 3.15. The Bertz CT molecular complexity index is 426. The predicted molar refractivity (Wildman–Crippen MR) is 59.6 cm³/mol. The lowest BCUT2D eigenvalue weighted by Gasteiger charge is -2.03. The lowest BCUT2D eigenvalue weighted by Crippen LogP contribution is -2.06. The second-order valence-electron chi connectivity index (χ2n) is 2.93. The van der Waals surface area contributed by atoms with Gasteiger partial charge in [0, 0.05) is 5.75 Å². The van der Waals surface area contributed by atoms with Crippen LogP contribution in [0, 0.1) is 0 Å². The van der Waals surface area contributed by atoms with Crippen LogP contribution in [0.2, 0.25) is 10.0 Å². The van der Waals surface area contributed by atoms with Crippen LogP contribution in [-0.2, 0) is 15.6 Å². The summed E-state index contributed by atoms with van der Waals surface area (Å²) in [6, 6.07) is 4.85. The number of halogens is 2. The van der Waals surface area contributed by atoms with Gasteiger partial charge in [-0.15, -0.1) is 0 Å². The van der Waals surface area contributed by atoms with Gasteiger partial charge in [-0.1, -0.05) is 36.2 Å². The Hall–Kier alpha value is -0.250. The van der Waals surface area contributed by atoms with E-state index in [-0.39, 0.29) is 11.5 Å². The zero-order chi connectivity index (χ0) is 10.8. The monoisotopic (exact) mass is 252 g/mol. The van der Waals surface area contributed by atoms with E-state index in [9.17, 15) is 8.42 Å². The van der Waals surface area contributed by atoms with Gasteiger partial charge in [-0.3, -0.25) is 0 Å². The molecule has 0 saturated carbocycles. The molecule has 0 bridgehead atoms. The number of hydrogen-bond acceptors (Lipinski definition) is 2. The molecule has 78 valence electrons. The van der Waals surface area contributed by atoms with E-state index in [0.717, 1.165) is 0 Å². The van der Waals surface area contributed by atoms with Crippen molar-refractivity contribution in [2.24, 2.45) is 0 Å². The van der Waals surface area contributed by atoms with Gasteiger partial charge < -0.3 is 0 Å². The second-order valence-corrected chi connectivity index (χ2v) is 6.09. The zero-order valence-electron chi connectivity index (χ0n) is 7.63. The van der Waals surface area contributed by atoms with E-state index in [2.05, 4.69) is 0 Å². The van der Waals surface area contributed by atoms with Crippen molar-refractivity contribution in [1.29, 1.82) is 0 Å². The van der Waals surface area contributed by atoms with Crippen molar-refractivity contribution >= 4 is 33.0 Å². The third-order valence-electron chi connectivity index (χ3n) is 1.81. The number of sulfone groups is 1. The van der Waals surface area contributed by atoms with Crippen LogP contribution < -0.4 is 0 Å². The molecule has 5 heteroatoms. The zero-order valence-corrected chi connectivity index (χ0v) is 9.96. The molecular weight excluding hydrogens is 243 g/mol. The van der Waals surface area contributed by atoms with E-state index in [0.29, 0.717) is 15.6 Å². The summed E-state index contributed by atoms with van der Waals surface area (Å²) in [6.45, 7) is 1.62. The standard InChI is InChI=1S/C9H10Cl2O2S/c1-2-14(12,13)6-7-3-4-8(10)9(11)5-7/h3-5H,2,6H2,1H3. The first-order valence-corrected chi connectivity index (χ1v) is 6.66. The fourth-order valence-electron chi connectivity index (χ4n) is 0.985. The molecule has 14 heavy (non-hydrogen) atoms. The van der Waals surface area contributed by atoms with Crippen molar-refractivity contribution < 1.29 is 8.42 Å². The average molecular weight is 253 g/mol. The molecule has 0 N–H and O–H groups in total. The highest BCUT2D eigenvalue weighted by atomic mass is 35.5. The SMILES string of the molecule is CCS(=O)(=O)Cc1ccc(Cl)c(Cl)c1. The molecule has 1 aromatic rings. The minimum Gasteiger partial charge on any atom is -0.229 e. The molecule has 0 radical (unpaired) electrons. The molecule has 0 aliphatic rings. The van der Waals surface area contributed by atoms with Crippen molar-refractivity contribution in [2.75, 3.05) is 5.75 Å². The highest BCUT2D eigenvalue weighted by Crippen LogP contribution is 2.23. The summed E-state index contributed by atoms with van der Waals surface area (Å²) in [7, 11) is -3.00. The van der Waals surface area contributed by atoms with Gasteiger partial charge in [-0.25, -0.2) is 8.42 Å². The Balaban J connectivity index is 2.94. The summed E-state index contributed by atoms with van der Waals surface area (Å²) in [5.41, 5.74) is 0.668. The van der Waals surface area contributed by atoms with Gasteiger partial charge in [0.1, 0.15) is 0 Å². The van der Waals surface area contributed by atoms with Gasteiger partial charge in [-0.05, 0) is 17.7 Å². The highest BCUT2D eigenvalue weighted by Gasteiger charge is 2.09. The van der Waals surface area contributed by atoms with E-state index in [4.69, 9.17) is 23.2 Å². The molecule has 0 aliphatic heterocycles. The van der Waals surface area contributed by atoms with Crippen molar-refractivity contribution in [3.63, 3.8) is 0 Å². The first-order valence-electron chi connectivity index (χ1n) is 4.09. The molecule has 0 unspecified atom stereocenters. The van der Waals surface area contributed by atoms with Crippen LogP contribution in [-0.4, -0.2) is 14.2 Å². The summed E-state index contributed by atoms with van der Waals surface area (Å²) in [5, 5.41) is 0.819. The van der Waals surface area contributed by atoms with Crippen LogP contribution in [0.4, 0.5) is 0 Å². The molecule has 0 fully saturated rings. The van der Waals surface area contributed by atoms with Crippen LogP contribution in [0.1, 0.15) is 12.5 Å². The van der Waals surface area contributed by atoms with Crippen molar-refractivity contribution in [3.8, 4) is 0 Å². The van der Waals surface area contributed by atoms with Crippen LogP contribution in [0.15, 0.2) is 18.2 Å². The van der Waals surface area contributed by atoms with E-state index in [1.807, 2.05) is 0 Å². The fraction of sp³-hybridized carbons (Fsp3) is 0.333. The van der Waals surface area contributed by atoms with Gasteiger partial charge in [0.2, 0.25) is 0 Å². The quantitative estimate of drug-likeness (QED) is 0.829. The lowest BCUT2D eigenvalue weighted by molar-refractivity contribution is 0.596. The Morgan fingerprint density at radius 1 is 1.21 bits per heavy atom. The topological polar surface area (TPSA) is 34.1 Å². The minimum atomic E-state index is -3.00. The molecule has 0 heterocycles. The molecule has 1 aromatic carbocycles. The maximum Gasteiger partial charge on any atom is 0.154 e. The maximum atomic E-state index is 11.3.